The molecule has 54 valence electrons. The van der Waals surface area contributed by atoms with E-state index in [1.165, 1.54) is 0 Å². The lowest BCUT2D eigenvalue weighted by Gasteiger charge is -2.08. The van der Waals surface area contributed by atoms with Crippen LogP contribution in [0.1, 0.15) is 26.7 Å². The van der Waals surface area contributed by atoms with E-state index in [-0.39, 0.29) is 11.8 Å². The Morgan fingerprint density at radius 1 is 1.56 bits per heavy atom. The van der Waals surface area contributed by atoms with Gasteiger partial charge in [-0.1, -0.05) is 13.8 Å². The van der Waals surface area contributed by atoms with Gasteiger partial charge in [-0.25, -0.2) is 5.84 Å². The van der Waals surface area contributed by atoms with Gasteiger partial charge in [0.15, 0.2) is 0 Å². The van der Waals surface area contributed by atoms with Gasteiger partial charge in [-0.3, -0.25) is 10.2 Å². The first-order valence-electron chi connectivity index (χ1n) is 3.26. The number of nitrogens with one attached hydrogen (secondary N) is 1. The van der Waals surface area contributed by atoms with Crippen LogP contribution in [-0.4, -0.2) is 5.91 Å². The van der Waals surface area contributed by atoms with Crippen LogP contribution in [0.25, 0.3) is 0 Å². The summed E-state index contributed by atoms with van der Waals surface area (Å²) in [5.74, 6) is 4.96. The highest BCUT2D eigenvalue weighted by atomic mass is 16.2. The summed E-state index contributed by atoms with van der Waals surface area (Å²) >= 11 is 0. The summed E-state index contributed by atoms with van der Waals surface area (Å²) in [7, 11) is 0. The van der Waals surface area contributed by atoms with E-state index in [4.69, 9.17) is 5.84 Å². The maximum atomic E-state index is 10.7. The Hall–Kier alpha value is -0.570. The normalized spacial score (nSPS) is 9.78. The van der Waals surface area contributed by atoms with E-state index in [2.05, 4.69) is 5.43 Å². The Kier molecular flexibility index (Phi) is 4.05. The fourth-order valence-corrected chi connectivity index (χ4v) is 0.777. The van der Waals surface area contributed by atoms with E-state index in [9.17, 15) is 4.79 Å². The van der Waals surface area contributed by atoms with Gasteiger partial charge in [0, 0.05) is 5.92 Å². The highest BCUT2D eigenvalue weighted by Gasteiger charge is 2.10. The predicted octanol–water partition coefficient (Wildman–Crippen LogP) is 0.413. The highest BCUT2D eigenvalue weighted by molar-refractivity contribution is 5.77. The molecule has 0 heterocycles. The molecule has 0 spiro atoms. The lowest BCUT2D eigenvalue weighted by atomic mass is 10.0. The maximum Gasteiger partial charge on any atom is 0.236 e. The summed E-state index contributed by atoms with van der Waals surface area (Å²) < 4.78 is 0. The van der Waals surface area contributed by atoms with Crippen LogP contribution in [0, 0.1) is 5.92 Å². The Balaban J connectivity index is 3.64. The van der Waals surface area contributed by atoms with Crippen molar-refractivity contribution >= 4 is 5.91 Å². The molecule has 0 atom stereocenters. The van der Waals surface area contributed by atoms with Crippen molar-refractivity contribution in [3.8, 4) is 0 Å². The van der Waals surface area contributed by atoms with Crippen molar-refractivity contribution in [2.24, 2.45) is 11.8 Å². The fourth-order valence-electron chi connectivity index (χ4n) is 0.777. The minimum Gasteiger partial charge on any atom is -0.294 e. The van der Waals surface area contributed by atoms with Crippen molar-refractivity contribution in [2.75, 3.05) is 0 Å². The van der Waals surface area contributed by atoms with Gasteiger partial charge in [-0.2, -0.15) is 0 Å². The molecule has 9 heavy (non-hydrogen) atoms. The van der Waals surface area contributed by atoms with Gasteiger partial charge in [-0.15, -0.1) is 0 Å². The summed E-state index contributed by atoms with van der Waals surface area (Å²) in [5.41, 5.74) is 2.13. The first-order valence-corrected chi connectivity index (χ1v) is 3.26. The topological polar surface area (TPSA) is 55.1 Å². The largest absolute Gasteiger partial charge is 0.294 e. The lowest BCUT2D eigenvalue weighted by Crippen LogP contribution is -2.35. The average Bonchev–Trinajstić information content (AvgIpc) is 1.90. The Labute approximate surface area is 55.6 Å². The van der Waals surface area contributed by atoms with Crippen molar-refractivity contribution in [3.05, 3.63) is 0 Å². The molecule has 0 fully saturated rings. The predicted molar refractivity (Wildman–Crippen MR) is 36.4 cm³/mol. The van der Waals surface area contributed by atoms with Crippen LogP contribution >= 0.6 is 0 Å². The molecule has 0 unspecified atom stereocenters. The number of hydrogen-bond acceptors (Lipinski definition) is 2. The van der Waals surface area contributed by atoms with Crippen LogP contribution in [0.2, 0.25) is 0 Å². The van der Waals surface area contributed by atoms with Crippen molar-refractivity contribution in [2.45, 2.75) is 26.7 Å². The molecule has 0 aromatic carbocycles. The van der Waals surface area contributed by atoms with E-state index >= 15 is 0 Å². The number of hydrazine groups is 1. The molecule has 0 aliphatic carbocycles. The minimum absolute atomic E-state index is 0.0556. The number of carbonyl (C=O) groups is 1. The second kappa shape index (κ2) is 4.32. The third-order valence-corrected chi connectivity index (χ3v) is 1.50. The van der Waals surface area contributed by atoms with Crippen molar-refractivity contribution in [3.63, 3.8) is 0 Å². The smallest absolute Gasteiger partial charge is 0.236 e. The average molecular weight is 130 g/mol. The maximum absolute atomic E-state index is 10.7. The molecule has 0 rings (SSSR count). The van der Waals surface area contributed by atoms with E-state index in [0.29, 0.717) is 0 Å². The molecule has 0 saturated heterocycles. The molecule has 1 amide bonds. The SMILES string of the molecule is CCC(CC)C(=O)NN. The first-order chi connectivity index (χ1) is 4.26. The van der Waals surface area contributed by atoms with E-state index in [0.717, 1.165) is 12.8 Å². The molecule has 3 nitrogen and oxygen atoms in total. The van der Waals surface area contributed by atoms with Gasteiger partial charge in [0.05, 0.1) is 0 Å². The molecule has 3 N–H and O–H groups in total. The monoisotopic (exact) mass is 130 g/mol. The van der Waals surface area contributed by atoms with E-state index in [1.54, 1.807) is 0 Å². The van der Waals surface area contributed by atoms with Crippen LogP contribution in [0.4, 0.5) is 0 Å². The number of hydrogen-bond donors (Lipinski definition) is 2. The summed E-state index contributed by atoms with van der Waals surface area (Å²) in [6.07, 6.45) is 1.72. The molecular formula is C6H14N2O. The molecule has 0 aromatic heterocycles. The van der Waals surface area contributed by atoms with Crippen molar-refractivity contribution < 1.29 is 4.79 Å². The number of rotatable bonds is 3. The van der Waals surface area contributed by atoms with Gasteiger partial charge in [0.25, 0.3) is 0 Å². The fraction of sp³-hybridized carbons (Fsp3) is 0.833. The summed E-state index contributed by atoms with van der Waals surface area (Å²) in [6.45, 7) is 3.95. The van der Waals surface area contributed by atoms with Crippen molar-refractivity contribution in [1.82, 2.24) is 5.43 Å². The Morgan fingerprint density at radius 3 is 2.11 bits per heavy atom. The molecule has 0 radical (unpaired) electrons. The molecule has 0 aliphatic heterocycles. The van der Waals surface area contributed by atoms with E-state index in [1.807, 2.05) is 13.8 Å². The molecule has 0 saturated carbocycles. The minimum atomic E-state index is -0.0556. The second-order valence-corrected chi connectivity index (χ2v) is 2.02. The van der Waals surface area contributed by atoms with Gasteiger partial charge in [-0.05, 0) is 12.8 Å². The molecule has 3 heteroatoms. The summed E-state index contributed by atoms with van der Waals surface area (Å²) in [6, 6.07) is 0. The highest BCUT2D eigenvalue weighted by Crippen LogP contribution is 2.05. The number of nitrogens with two attached hydrogens (primary N) is 1. The van der Waals surface area contributed by atoms with Crippen LogP contribution < -0.4 is 11.3 Å². The van der Waals surface area contributed by atoms with Crippen LogP contribution in [0.15, 0.2) is 0 Å². The third kappa shape index (κ3) is 2.46. The van der Waals surface area contributed by atoms with E-state index < -0.39 is 0 Å². The Bertz CT molecular complexity index is 89.1. The molecular weight excluding hydrogens is 116 g/mol. The van der Waals surface area contributed by atoms with Gasteiger partial charge in [0.2, 0.25) is 5.91 Å². The number of amides is 1. The van der Waals surface area contributed by atoms with Crippen LogP contribution in [-0.2, 0) is 4.79 Å². The Morgan fingerprint density at radius 2 is 2.00 bits per heavy atom. The molecule has 0 aliphatic rings. The second-order valence-electron chi connectivity index (χ2n) is 2.02. The van der Waals surface area contributed by atoms with Gasteiger partial charge >= 0.3 is 0 Å². The summed E-state index contributed by atoms with van der Waals surface area (Å²) in [4.78, 5) is 10.7. The standard InChI is InChI=1S/C6H14N2O/c1-3-5(4-2)6(9)8-7/h5H,3-4,7H2,1-2H3,(H,8,9). The quantitative estimate of drug-likeness (QED) is 0.330. The molecule has 0 bridgehead atoms. The van der Waals surface area contributed by atoms with Gasteiger partial charge in [0.1, 0.15) is 0 Å². The van der Waals surface area contributed by atoms with Crippen LogP contribution in [0.5, 0.6) is 0 Å². The molecule has 0 aromatic rings. The van der Waals surface area contributed by atoms with Crippen molar-refractivity contribution in [1.29, 1.82) is 0 Å². The van der Waals surface area contributed by atoms with Crippen LogP contribution in [0.3, 0.4) is 0 Å². The zero-order valence-electron chi connectivity index (χ0n) is 5.98. The zero-order valence-corrected chi connectivity index (χ0v) is 5.98. The van der Waals surface area contributed by atoms with Gasteiger partial charge < -0.3 is 0 Å². The zero-order chi connectivity index (χ0) is 7.28. The lowest BCUT2D eigenvalue weighted by molar-refractivity contribution is -0.125. The number of carbonyl (C=O) groups excluding carboxylic acids is 1. The first kappa shape index (κ1) is 8.43. The third-order valence-electron chi connectivity index (χ3n) is 1.50. The summed E-state index contributed by atoms with van der Waals surface area (Å²) in [5, 5.41) is 0.